The lowest BCUT2D eigenvalue weighted by molar-refractivity contribution is 0.208. The Morgan fingerprint density at radius 1 is 1.15 bits per heavy atom. The molecule has 1 aliphatic heterocycles. The van der Waals surface area contributed by atoms with Gasteiger partial charge in [0.25, 0.3) is 0 Å². The number of benzene rings is 1. The van der Waals surface area contributed by atoms with E-state index in [4.69, 9.17) is 4.74 Å². The first-order valence-electron chi connectivity index (χ1n) is 8.84. The average molecular weight is 355 g/mol. The highest BCUT2D eigenvalue weighted by atomic mass is 16.5. The van der Waals surface area contributed by atoms with Gasteiger partial charge in [0.15, 0.2) is 5.82 Å². The first-order chi connectivity index (χ1) is 12.6. The molecule has 0 spiro atoms. The quantitative estimate of drug-likeness (QED) is 0.912. The van der Waals surface area contributed by atoms with Crippen LogP contribution < -0.4 is 10.1 Å². The fourth-order valence-corrected chi connectivity index (χ4v) is 3.17. The number of ether oxygens (including phenoxy) is 1. The molecule has 1 aromatic carbocycles. The number of nitrogens with one attached hydrogen (secondary N) is 1. The Labute approximate surface area is 154 Å². The van der Waals surface area contributed by atoms with Crippen molar-refractivity contribution in [2.24, 2.45) is 5.92 Å². The van der Waals surface area contributed by atoms with Crippen molar-refractivity contribution < 1.29 is 9.53 Å². The van der Waals surface area contributed by atoms with Gasteiger partial charge in [-0.05, 0) is 17.5 Å². The fraction of sp³-hybridized carbons (Fsp3) is 0.421. The van der Waals surface area contributed by atoms with Crippen LogP contribution in [-0.2, 0) is 6.54 Å². The van der Waals surface area contributed by atoms with Crippen LogP contribution in [0.2, 0.25) is 0 Å². The van der Waals surface area contributed by atoms with Crippen molar-refractivity contribution >= 4 is 11.8 Å². The Balaban J connectivity index is 1.57. The maximum absolute atomic E-state index is 12.6. The van der Waals surface area contributed by atoms with Crippen LogP contribution in [0.15, 0.2) is 42.5 Å². The molecule has 0 bridgehead atoms. The second-order valence-electron chi connectivity index (χ2n) is 6.66. The number of urea groups is 1. The molecule has 3 rings (SSSR count). The standard InChI is InChI=1S/C19H25N5O2/c1-15-12-23(14-16-6-4-3-5-7-16)10-11-24(13-15)19(25)20-17-8-9-18(26-2)22-21-17/h3-9,15H,10-14H2,1-2H3,(H,20,21,25). The number of aromatic nitrogens is 2. The molecule has 1 aromatic heterocycles. The highest BCUT2D eigenvalue weighted by Gasteiger charge is 2.23. The van der Waals surface area contributed by atoms with Gasteiger partial charge in [0.05, 0.1) is 7.11 Å². The number of anilines is 1. The van der Waals surface area contributed by atoms with Crippen molar-refractivity contribution in [1.82, 2.24) is 20.0 Å². The van der Waals surface area contributed by atoms with Gasteiger partial charge in [-0.1, -0.05) is 37.3 Å². The predicted octanol–water partition coefficient (Wildman–Crippen LogP) is 2.47. The zero-order valence-corrected chi connectivity index (χ0v) is 15.3. The third-order valence-electron chi connectivity index (χ3n) is 4.41. The number of amides is 2. The van der Waals surface area contributed by atoms with E-state index in [0.29, 0.717) is 24.2 Å². The molecule has 138 valence electrons. The number of methoxy groups -OCH3 is 1. The molecule has 1 N–H and O–H groups in total. The minimum Gasteiger partial charge on any atom is -0.480 e. The number of nitrogens with zero attached hydrogens (tertiary/aromatic N) is 4. The molecule has 1 unspecified atom stereocenters. The Morgan fingerprint density at radius 3 is 2.65 bits per heavy atom. The summed E-state index contributed by atoms with van der Waals surface area (Å²) in [6, 6.07) is 13.7. The summed E-state index contributed by atoms with van der Waals surface area (Å²) in [4.78, 5) is 16.8. The van der Waals surface area contributed by atoms with Crippen molar-refractivity contribution in [2.45, 2.75) is 13.5 Å². The minimum atomic E-state index is -0.141. The van der Waals surface area contributed by atoms with Gasteiger partial charge in [-0.15, -0.1) is 10.2 Å². The summed E-state index contributed by atoms with van der Waals surface area (Å²) in [7, 11) is 1.53. The first-order valence-corrected chi connectivity index (χ1v) is 8.84. The topological polar surface area (TPSA) is 70.6 Å². The molecule has 7 heteroatoms. The number of rotatable bonds is 4. The second kappa shape index (κ2) is 8.62. The summed E-state index contributed by atoms with van der Waals surface area (Å²) in [5.74, 6) is 1.24. The molecule has 2 heterocycles. The normalized spacial score (nSPS) is 18.2. The summed E-state index contributed by atoms with van der Waals surface area (Å²) in [6.45, 7) is 6.32. The maximum atomic E-state index is 12.6. The van der Waals surface area contributed by atoms with E-state index in [9.17, 15) is 4.79 Å². The molecule has 1 atom stereocenters. The van der Waals surface area contributed by atoms with Crippen molar-refractivity contribution in [3.05, 3.63) is 48.0 Å². The van der Waals surface area contributed by atoms with Gasteiger partial charge < -0.3 is 9.64 Å². The molecular formula is C19H25N5O2. The van der Waals surface area contributed by atoms with Gasteiger partial charge in [-0.3, -0.25) is 10.2 Å². The number of carbonyl (C=O) groups excluding carboxylic acids is 1. The van der Waals surface area contributed by atoms with Crippen molar-refractivity contribution in [3.8, 4) is 5.88 Å². The molecule has 0 saturated carbocycles. The molecule has 7 nitrogen and oxygen atoms in total. The van der Waals surface area contributed by atoms with Crippen LogP contribution in [0.1, 0.15) is 12.5 Å². The van der Waals surface area contributed by atoms with Crippen LogP contribution in [0.5, 0.6) is 5.88 Å². The first kappa shape index (κ1) is 18.1. The highest BCUT2D eigenvalue weighted by Crippen LogP contribution is 2.14. The molecule has 26 heavy (non-hydrogen) atoms. The van der Waals surface area contributed by atoms with E-state index in [2.05, 4.69) is 51.6 Å². The Hall–Kier alpha value is -2.67. The minimum absolute atomic E-state index is 0.141. The Bertz CT molecular complexity index is 708. The van der Waals surface area contributed by atoms with E-state index in [1.54, 1.807) is 12.1 Å². The van der Waals surface area contributed by atoms with E-state index < -0.39 is 0 Å². The Morgan fingerprint density at radius 2 is 1.96 bits per heavy atom. The largest absolute Gasteiger partial charge is 0.480 e. The van der Waals surface area contributed by atoms with Gasteiger partial charge in [0.1, 0.15) is 0 Å². The van der Waals surface area contributed by atoms with Crippen LogP contribution in [-0.4, -0.2) is 59.3 Å². The van der Waals surface area contributed by atoms with E-state index in [1.807, 2.05) is 11.0 Å². The second-order valence-corrected chi connectivity index (χ2v) is 6.66. The zero-order chi connectivity index (χ0) is 18.4. The smallest absolute Gasteiger partial charge is 0.323 e. The lowest BCUT2D eigenvalue weighted by Crippen LogP contribution is -2.39. The molecular weight excluding hydrogens is 330 g/mol. The zero-order valence-electron chi connectivity index (χ0n) is 15.3. The van der Waals surface area contributed by atoms with Gasteiger partial charge in [-0.25, -0.2) is 4.79 Å². The fourth-order valence-electron chi connectivity index (χ4n) is 3.17. The average Bonchev–Trinajstić information content (AvgIpc) is 2.84. The van der Waals surface area contributed by atoms with Gasteiger partial charge >= 0.3 is 6.03 Å². The third kappa shape index (κ3) is 4.92. The monoisotopic (exact) mass is 355 g/mol. The van der Waals surface area contributed by atoms with Crippen molar-refractivity contribution in [1.29, 1.82) is 0 Å². The molecule has 1 fully saturated rings. The summed E-state index contributed by atoms with van der Waals surface area (Å²) >= 11 is 0. The number of hydrogen-bond acceptors (Lipinski definition) is 5. The predicted molar refractivity (Wildman–Crippen MR) is 100 cm³/mol. The van der Waals surface area contributed by atoms with Gasteiger partial charge in [-0.2, -0.15) is 0 Å². The van der Waals surface area contributed by atoms with Crippen molar-refractivity contribution in [2.75, 3.05) is 38.6 Å². The Kier molecular flexibility index (Phi) is 6.01. The van der Waals surface area contributed by atoms with Crippen LogP contribution in [0.25, 0.3) is 0 Å². The molecule has 2 aromatic rings. The van der Waals surface area contributed by atoms with Crippen LogP contribution in [0.3, 0.4) is 0 Å². The third-order valence-corrected chi connectivity index (χ3v) is 4.41. The van der Waals surface area contributed by atoms with E-state index in [-0.39, 0.29) is 6.03 Å². The van der Waals surface area contributed by atoms with E-state index >= 15 is 0 Å². The lowest BCUT2D eigenvalue weighted by Gasteiger charge is -2.22. The molecule has 0 aliphatic carbocycles. The van der Waals surface area contributed by atoms with Crippen molar-refractivity contribution in [3.63, 3.8) is 0 Å². The summed E-state index contributed by atoms with van der Waals surface area (Å²) in [5, 5.41) is 10.6. The van der Waals surface area contributed by atoms with Crippen LogP contribution >= 0.6 is 0 Å². The van der Waals surface area contributed by atoms with Crippen LogP contribution in [0.4, 0.5) is 10.6 Å². The molecule has 1 aliphatic rings. The van der Waals surface area contributed by atoms with E-state index in [1.165, 1.54) is 12.7 Å². The molecule has 0 radical (unpaired) electrons. The highest BCUT2D eigenvalue weighted by molar-refractivity contribution is 5.88. The summed E-state index contributed by atoms with van der Waals surface area (Å²) in [6.07, 6.45) is 0. The van der Waals surface area contributed by atoms with E-state index in [0.717, 1.165) is 26.2 Å². The van der Waals surface area contributed by atoms with Gasteiger partial charge in [0.2, 0.25) is 5.88 Å². The SMILES string of the molecule is COc1ccc(NC(=O)N2CCN(Cc3ccccc3)CC(C)C2)nn1. The lowest BCUT2D eigenvalue weighted by atomic mass is 10.1. The summed E-state index contributed by atoms with van der Waals surface area (Å²) < 4.78 is 4.98. The van der Waals surface area contributed by atoms with Crippen LogP contribution in [0, 0.1) is 5.92 Å². The molecule has 2 amide bonds. The van der Waals surface area contributed by atoms with Gasteiger partial charge in [0, 0.05) is 38.8 Å². The maximum Gasteiger partial charge on any atom is 0.323 e. The number of hydrogen-bond donors (Lipinski definition) is 1. The summed E-state index contributed by atoms with van der Waals surface area (Å²) in [5.41, 5.74) is 1.30. The molecule has 1 saturated heterocycles. The number of carbonyl (C=O) groups is 1.